The van der Waals surface area contributed by atoms with Crippen molar-refractivity contribution in [2.75, 3.05) is 25.9 Å². The Morgan fingerprint density at radius 2 is 1.92 bits per heavy atom. The third-order valence-electron chi connectivity index (χ3n) is 2.20. The lowest BCUT2D eigenvalue weighted by molar-refractivity contribution is 0.138. The van der Waals surface area contributed by atoms with Crippen LogP contribution in [0.25, 0.3) is 0 Å². The molecule has 0 aliphatic rings. The van der Waals surface area contributed by atoms with Crippen molar-refractivity contribution < 1.29 is 5.11 Å². The van der Waals surface area contributed by atoms with E-state index in [1.807, 2.05) is 6.92 Å². The van der Waals surface area contributed by atoms with Gasteiger partial charge in [-0.2, -0.15) is 12.6 Å². The first-order chi connectivity index (χ1) is 6.06. The molecule has 0 saturated heterocycles. The molecule has 0 spiro atoms. The molecule has 0 aromatic heterocycles. The topological polar surface area (TPSA) is 23.5 Å². The Labute approximate surface area is 87.7 Å². The van der Waals surface area contributed by atoms with Gasteiger partial charge in [-0.25, -0.2) is 0 Å². The van der Waals surface area contributed by atoms with Crippen LogP contribution in [-0.4, -0.2) is 42.0 Å². The second-order valence-corrected chi connectivity index (χ2v) is 4.46. The Morgan fingerprint density at radius 1 is 1.31 bits per heavy atom. The van der Waals surface area contributed by atoms with Crippen molar-refractivity contribution in [2.24, 2.45) is 5.92 Å². The molecular weight excluding hydrogens is 182 g/mol. The summed E-state index contributed by atoms with van der Waals surface area (Å²) in [5.74, 6) is 1.72. The largest absolute Gasteiger partial charge is 0.392 e. The van der Waals surface area contributed by atoms with E-state index in [9.17, 15) is 0 Å². The molecular formula is C10H23NOS. The first kappa shape index (κ1) is 13.3. The predicted octanol–water partition coefficient (Wildman–Crippen LogP) is 1.65. The highest BCUT2D eigenvalue weighted by Crippen LogP contribution is 2.08. The molecule has 0 heterocycles. The Hall–Kier alpha value is 0.270. The van der Waals surface area contributed by atoms with Gasteiger partial charge in [0.2, 0.25) is 0 Å². The van der Waals surface area contributed by atoms with E-state index in [1.165, 1.54) is 12.8 Å². The van der Waals surface area contributed by atoms with E-state index < -0.39 is 0 Å². The fourth-order valence-electron chi connectivity index (χ4n) is 1.35. The zero-order chi connectivity index (χ0) is 10.3. The van der Waals surface area contributed by atoms with E-state index in [0.717, 1.165) is 24.8 Å². The maximum absolute atomic E-state index is 9.14. The van der Waals surface area contributed by atoms with Gasteiger partial charge in [0.15, 0.2) is 0 Å². The highest BCUT2D eigenvalue weighted by molar-refractivity contribution is 7.80. The minimum absolute atomic E-state index is 0.217. The second-order valence-electron chi connectivity index (χ2n) is 4.02. The van der Waals surface area contributed by atoms with Gasteiger partial charge in [-0.1, -0.05) is 6.92 Å². The van der Waals surface area contributed by atoms with E-state index in [4.69, 9.17) is 5.11 Å². The quantitative estimate of drug-likeness (QED) is 0.617. The molecule has 0 aliphatic heterocycles. The number of hydrogen-bond acceptors (Lipinski definition) is 3. The smallest absolute Gasteiger partial charge is 0.0638 e. The van der Waals surface area contributed by atoms with Crippen molar-refractivity contribution in [1.82, 2.24) is 4.90 Å². The van der Waals surface area contributed by atoms with Gasteiger partial charge in [-0.05, 0) is 45.0 Å². The van der Waals surface area contributed by atoms with Crippen LogP contribution >= 0.6 is 12.6 Å². The summed E-state index contributed by atoms with van der Waals surface area (Å²) in [5, 5.41) is 9.14. The van der Waals surface area contributed by atoms with E-state index in [2.05, 4.69) is 31.5 Å². The zero-order valence-corrected chi connectivity index (χ0v) is 9.93. The molecule has 13 heavy (non-hydrogen) atoms. The number of likely N-dealkylation sites (N-methyl/N-ethyl adjacent to an activating group) is 1. The maximum atomic E-state index is 9.14. The average molecular weight is 205 g/mol. The van der Waals surface area contributed by atoms with Gasteiger partial charge in [-0.15, -0.1) is 0 Å². The molecule has 2 unspecified atom stereocenters. The van der Waals surface area contributed by atoms with Crippen LogP contribution in [0.5, 0.6) is 0 Å². The number of thiol groups is 1. The summed E-state index contributed by atoms with van der Waals surface area (Å²) in [6, 6.07) is 0. The Morgan fingerprint density at radius 3 is 2.38 bits per heavy atom. The first-order valence-electron chi connectivity index (χ1n) is 5.03. The molecule has 0 radical (unpaired) electrons. The molecule has 80 valence electrons. The molecule has 0 aromatic rings. The van der Waals surface area contributed by atoms with Gasteiger partial charge in [-0.3, -0.25) is 0 Å². The predicted molar refractivity (Wildman–Crippen MR) is 61.4 cm³/mol. The molecule has 0 fully saturated rings. The summed E-state index contributed by atoms with van der Waals surface area (Å²) in [7, 11) is 2.06. The van der Waals surface area contributed by atoms with E-state index in [-0.39, 0.29) is 6.10 Å². The number of aliphatic hydroxyl groups is 1. The third-order valence-corrected chi connectivity index (χ3v) is 2.46. The molecule has 0 saturated carbocycles. The van der Waals surface area contributed by atoms with E-state index >= 15 is 0 Å². The molecule has 3 heteroatoms. The first-order valence-corrected chi connectivity index (χ1v) is 5.67. The van der Waals surface area contributed by atoms with E-state index in [0.29, 0.717) is 0 Å². The highest BCUT2D eigenvalue weighted by Gasteiger charge is 2.05. The standard InChI is InChI=1S/C10H23NOS/c1-9(5-7-13)4-6-11(3)8-10(2)12/h9-10,12-13H,4-8H2,1-3H3. The van der Waals surface area contributed by atoms with Crippen LogP contribution in [0.1, 0.15) is 26.7 Å². The van der Waals surface area contributed by atoms with Crippen molar-refractivity contribution >= 4 is 12.6 Å². The zero-order valence-electron chi connectivity index (χ0n) is 9.03. The molecule has 0 amide bonds. The Kier molecular flexibility index (Phi) is 7.81. The van der Waals surface area contributed by atoms with Gasteiger partial charge >= 0.3 is 0 Å². The van der Waals surface area contributed by atoms with Gasteiger partial charge in [0.05, 0.1) is 6.10 Å². The highest BCUT2D eigenvalue weighted by atomic mass is 32.1. The molecule has 0 aliphatic carbocycles. The van der Waals surface area contributed by atoms with Crippen LogP contribution in [-0.2, 0) is 0 Å². The summed E-state index contributed by atoms with van der Waals surface area (Å²) in [6.45, 7) is 5.92. The lowest BCUT2D eigenvalue weighted by Gasteiger charge is -2.20. The van der Waals surface area contributed by atoms with Crippen molar-refractivity contribution in [3.8, 4) is 0 Å². The molecule has 1 N–H and O–H groups in total. The molecule has 0 aromatic carbocycles. The average Bonchev–Trinajstić information content (AvgIpc) is 2.00. The van der Waals surface area contributed by atoms with Crippen LogP contribution in [0.2, 0.25) is 0 Å². The summed E-state index contributed by atoms with van der Waals surface area (Å²) < 4.78 is 0. The summed E-state index contributed by atoms with van der Waals surface area (Å²) in [6.07, 6.45) is 2.17. The monoisotopic (exact) mass is 205 g/mol. The number of nitrogens with zero attached hydrogens (tertiary/aromatic N) is 1. The Balaban J connectivity index is 3.40. The Bertz CT molecular complexity index is 119. The van der Waals surface area contributed by atoms with Crippen LogP contribution < -0.4 is 0 Å². The SMILES string of the molecule is CC(O)CN(C)CCC(C)CCS. The normalized spacial score (nSPS) is 16.2. The molecule has 0 rings (SSSR count). The minimum atomic E-state index is -0.217. The fourth-order valence-corrected chi connectivity index (χ4v) is 1.79. The number of hydrogen-bond donors (Lipinski definition) is 2. The second kappa shape index (κ2) is 7.65. The lowest BCUT2D eigenvalue weighted by Crippen LogP contribution is -2.28. The van der Waals surface area contributed by atoms with Gasteiger partial charge in [0.1, 0.15) is 0 Å². The van der Waals surface area contributed by atoms with Crippen molar-refractivity contribution in [1.29, 1.82) is 0 Å². The third kappa shape index (κ3) is 8.60. The van der Waals surface area contributed by atoms with Crippen LogP contribution in [0.15, 0.2) is 0 Å². The summed E-state index contributed by atoms with van der Waals surface area (Å²) in [4.78, 5) is 2.18. The molecule has 2 atom stereocenters. The molecule has 0 bridgehead atoms. The fraction of sp³-hybridized carbons (Fsp3) is 1.00. The van der Waals surface area contributed by atoms with Gasteiger partial charge in [0.25, 0.3) is 0 Å². The minimum Gasteiger partial charge on any atom is -0.392 e. The van der Waals surface area contributed by atoms with E-state index in [1.54, 1.807) is 0 Å². The van der Waals surface area contributed by atoms with Crippen molar-refractivity contribution in [3.63, 3.8) is 0 Å². The summed E-state index contributed by atoms with van der Waals surface area (Å²) >= 11 is 4.21. The van der Waals surface area contributed by atoms with Crippen molar-refractivity contribution in [2.45, 2.75) is 32.8 Å². The lowest BCUT2D eigenvalue weighted by atomic mass is 10.1. The van der Waals surface area contributed by atoms with Crippen LogP contribution in [0.3, 0.4) is 0 Å². The number of aliphatic hydroxyl groups excluding tert-OH is 1. The van der Waals surface area contributed by atoms with Crippen LogP contribution in [0.4, 0.5) is 0 Å². The maximum Gasteiger partial charge on any atom is 0.0638 e. The summed E-state index contributed by atoms with van der Waals surface area (Å²) in [5.41, 5.74) is 0. The number of rotatable bonds is 7. The van der Waals surface area contributed by atoms with Crippen molar-refractivity contribution in [3.05, 3.63) is 0 Å². The molecule has 2 nitrogen and oxygen atoms in total. The van der Waals surface area contributed by atoms with Crippen LogP contribution in [0, 0.1) is 5.92 Å². The van der Waals surface area contributed by atoms with Gasteiger partial charge in [0, 0.05) is 6.54 Å². The van der Waals surface area contributed by atoms with Gasteiger partial charge < -0.3 is 10.0 Å².